The number of rotatable bonds is 2. The molecule has 0 aliphatic carbocycles. The van der Waals surface area contributed by atoms with Gasteiger partial charge in [-0.1, -0.05) is 0 Å². The number of carbonyl (C=O) groups is 1. The average molecular weight is 154 g/mol. The standard InChI is InChI=1S/C7H10N2O2/c1-2-11-7(10)6-3-4-8-9-5-6/h3-4,9H,2,5H2,1H3. The maximum absolute atomic E-state index is 11.0. The van der Waals surface area contributed by atoms with Crippen molar-refractivity contribution in [2.75, 3.05) is 13.2 Å². The monoisotopic (exact) mass is 154 g/mol. The zero-order valence-electron chi connectivity index (χ0n) is 6.33. The van der Waals surface area contributed by atoms with E-state index in [0.29, 0.717) is 18.7 Å². The fourth-order valence-corrected chi connectivity index (χ4v) is 0.734. The van der Waals surface area contributed by atoms with Crippen LogP contribution in [0, 0.1) is 0 Å². The minimum absolute atomic E-state index is 0.272. The lowest BCUT2D eigenvalue weighted by Gasteiger charge is -2.07. The lowest BCUT2D eigenvalue weighted by Crippen LogP contribution is -2.21. The summed E-state index contributed by atoms with van der Waals surface area (Å²) in [6.45, 7) is 2.64. The summed E-state index contributed by atoms with van der Waals surface area (Å²) < 4.78 is 4.77. The van der Waals surface area contributed by atoms with E-state index in [4.69, 9.17) is 4.74 Å². The zero-order valence-corrected chi connectivity index (χ0v) is 6.33. The molecule has 0 unspecified atom stereocenters. The molecule has 4 heteroatoms. The molecule has 60 valence electrons. The molecule has 1 heterocycles. The second kappa shape index (κ2) is 3.75. The number of hydrogen-bond acceptors (Lipinski definition) is 4. The molecule has 0 radical (unpaired) electrons. The van der Waals surface area contributed by atoms with E-state index in [0.717, 1.165) is 0 Å². The highest BCUT2D eigenvalue weighted by atomic mass is 16.5. The first kappa shape index (κ1) is 7.78. The second-order valence-electron chi connectivity index (χ2n) is 2.03. The number of esters is 1. The summed E-state index contributed by atoms with van der Waals surface area (Å²) in [5.74, 6) is -0.272. The van der Waals surface area contributed by atoms with Gasteiger partial charge < -0.3 is 10.2 Å². The molecule has 0 amide bonds. The van der Waals surface area contributed by atoms with Crippen molar-refractivity contribution >= 4 is 12.2 Å². The molecule has 11 heavy (non-hydrogen) atoms. The van der Waals surface area contributed by atoms with Crippen LogP contribution in [0.4, 0.5) is 0 Å². The molecule has 1 N–H and O–H groups in total. The fraction of sp³-hybridized carbons (Fsp3) is 0.429. The molecule has 0 aromatic rings. The van der Waals surface area contributed by atoms with E-state index in [1.54, 1.807) is 13.0 Å². The Hall–Kier alpha value is -1.32. The van der Waals surface area contributed by atoms with Crippen molar-refractivity contribution in [1.82, 2.24) is 5.43 Å². The van der Waals surface area contributed by atoms with E-state index in [1.165, 1.54) is 6.21 Å². The molecule has 0 aromatic carbocycles. The first-order valence-corrected chi connectivity index (χ1v) is 3.46. The van der Waals surface area contributed by atoms with Crippen molar-refractivity contribution in [2.45, 2.75) is 6.92 Å². The molecule has 0 bridgehead atoms. The van der Waals surface area contributed by atoms with Crippen LogP contribution in [0.15, 0.2) is 16.8 Å². The summed E-state index contributed by atoms with van der Waals surface area (Å²) in [5.41, 5.74) is 3.29. The van der Waals surface area contributed by atoms with Gasteiger partial charge in [-0.05, 0) is 13.0 Å². The van der Waals surface area contributed by atoms with Crippen molar-refractivity contribution < 1.29 is 9.53 Å². The van der Waals surface area contributed by atoms with Crippen molar-refractivity contribution in [1.29, 1.82) is 0 Å². The molecule has 1 rings (SSSR count). The van der Waals surface area contributed by atoms with Crippen molar-refractivity contribution in [2.24, 2.45) is 5.10 Å². The predicted octanol–water partition coefficient (Wildman–Crippen LogP) is 0.0649. The van der Waals surface area contributed by atoms with E-state index < -0.39 is 0 Å². The molecule has 0 aromatic heterocycles. The van der Waals surface area contributed by atoms with Crippen LogP contribution in [0.5, 0.6) is 0 Å². The van der Waals surface area contributed by atoms with E-state index >= 15 is 0 Å². The largest absolute Gasteiger partial charge is 0.463 e. The predicted molar refractivity (Wildman–Crippen MR) is 41.2 cm³/mol. The van der Waals surface area contributed by atoms with Crippen LogP contribution in [0.1, 0.15) is 6.92 Å². The molecule has 0 spiro atoms. The van der Waals surface area contributed by atoms with Crippen LogP contribution < -0.4 is 5.43 Å². The molecule has 0 fully saturated rings. The van der Waals surface area contributed by atoms with Gasteiger partial charge in [-0.3, -0.25) is 0 Å². The van der Waals surface area contributed by atoms with Crippen molar-refractivity contribution in [3.05, 3.63) is 11.6 Å². The number of nitrogens with one attached hydrogen (secondary N) is 1. The normalized spacial score (nSPS) is 15.2. The van der Waals surface area contributed by atoms with E-state index in [1.807, 2.05) is 0 Å². The number of hydrogen-bond donors (Lipinski definition) is 1. The zero-order chi connectivity index (χ0) is 8.10. The first-order chi connectivity index (χ1) is 5.34. The molecule has 0 saturated carbocycles. The third-order valence-electron chi connectivity index (χ3n) is 1.25. The number of ether oxygens (including phenoxy) is 1. The van der Waals surface area contributed by atoms with Crippen LogP contribution in [-0.2, 0) is 9.53 Å². The van der Waals surface area contributed by atoms with Gasteiger partial charge in [-0.25, -0.2) is 4.79 Å². The summed E-state index contributed by atoms with van der Waals surface area (Å²) in [5, 5.41) is 3.71. The Bertz CT molecular complexity index is 208. The lowest BCUT2D eigenvalue weighted by molar-refractivity contribution is -0.138. The fourth-order valence-electron chi connectivity index (χ4n) is 0.734. The number of hydrazone groups is 1. The topological polar surface area (TPSA) is 50.7 Å². The Balaban J connectivity index is 2.52. The maximum atomic E-state index is 11.0. The Morgan fingerprint density at radius 3 is 3.27 bits per heavy atom. The highest BCUT2D eigenvalue weighted by Crippen LogP contribution is 1.98. The third-order valence-corrected chi connectivity index (χ3v) is 1.25. The van der Waals surface area contributed by atoms with Crippen LogP contribution in [0.2, 0.25) is 0 Å². The molecule has 0 atom stereocenters. The summed E-state index contributed by atoms with van der Waals surface area (Å²) >= 11 is 0. The van der Waals surface area contributed by atoms with Gasteiger partial charge in [0.15, 0.2) is 0 Å². The highest BCUT2D eigenvalue weighted by molar-refractivity contribution is 5.94. The van der Waals surface area contributed by atoms with Gasteiger partial charge >= 0.3 is 5.97 Å². The summed E-state index contributed by atoms with van der Waals surface area (Å²) in [7, 11) is 0. The van der Waals surface area contributed by atoms with Gasteiger partial charge in [-0.2, -0.15) is 5.10 Å². The molecular formula is C7H10N2O2. The van der Waals surface area contributed by atoms with E-state index in [2.05, 4.69) is 10.5 Å². The lowest BCUT2D eigenvalue weighted by atomic mass is 10.2. The van der Waals surface area contributed by atoms with Gasteiger partial charge in [0.05, 0.1) is 18.7 Å². The van der Waals surface area contributed by atoms with E-state index in [9.17, 15) is 4.79 Å². The van der Waals surface area contributed by atoms with Gasteiger partial charge in [0.25, 0.3) is 0 Å². The van der Waals surface area contributed by atoms with Crippen LogP contribution in [0.25, 0.3) is 0 Å². The van der Waals surface area contributed by atoms with Crippen LogP contribution in [-0.4, -0.2) is 25.3 Å². The Morgan fingerprint density at radius 2 is 2.73 bits per heavy atom. The molecule has 4 nitrogen and oxygen atoms in total. The number of allylic oxidation sites excluding steroid dienone is 1. The van der Waals surface area contributed by atoms with Crippen LogP contribution >= 0.6 is 0 Å². The van der Waals surface area contributed by atoms with Crippen molar-refractivity contribution in [3.63, 3.8) is 0 Å². The molecule has 0 saturated heterocycles. The number of carbonyl (C=O) groups excluding carboxylic acids is 1. The van der Waals surface area contributed by atoms with Gasteiger partial charge in [0.2, 0.25) is 0 Å². The summed E-state index contributed by atoms with van der Waals surface area (Å²) in [6, 6.07) is 0. The minimum atomic E-state index is -0.272. The quantitative estimate of drug-likeness (QED) is 0.572. The van der Waals surface area contributed by atoms with Crippen LogP contribution in [0.3, 0.4) is 0 Å². The smallest absolute Gasteiger partial charge is 0.335 e. The Morgan fingerprint density at radius 1 is 1.91 bits per heavy atom. The number of nitrogens with zero attached hydrogens (tertiary/aromatic N) is 1. The molecular weight excluding hydrogens is 144 g/mol. The maximum Gasteiger partial charge on any atom is 0.335 e. The Kier molecular flexibility index (Phi) is 2.66. The molecule has 1 aliphatic rings. The van der Waals surface area contributed by atoms with Crippen molar-refractivity contribution in [3.8, 4) is 0 Å². The molecule has 1 aliphatic heterocycles. The Labute approximate surface area is 64.9 Å². The highest BCUT2D eigenvalue weighted by Gasteiger charge is 2.10. The second-order valence-corrected chi connectivity index (χ2v) is 2.03. The third kappa shape index (κ3) is 2.07. The van der Waals surface area contributed by atoms with Gasteiger partial charge in [0, 0.05) is 6.21 Å². The first-order valence-electron chi connectivity index (χ1n) is 3.46. The average Bonchev–Trinajstić information content (AvgIpc) is 2.07. The van der Waals surface area contributed by atoms with Gasteiger partial charge in [0.1, 0.15) is 0 Å². The van der Waals surface area contributed by atoms with E-state index in [-0.39, 0.29) is 5.97 Å². The minimum Gasteiger partial charge on any atom is -0.463 e. The summed E-state index contributed by atoms with van der Waals surface area (Å²) in [4.78, 5) is 11.0. The SMILES string of the molecule is CCOC(=O)C1=CC=NNC1. The summed E-state index contributed by atoms with van der Waals surface area (Å²) in [6.07, 6.45) is 3.18. The van der Waals surface area contributed by atoms with Gasteiger partial charge in [-0.15, -0.1) is 0 Å².